The highest BCUT2D eigenvalue weighted by atomic mass is 79.9. The van der Waals surface area contributed by atoms with Crippen molar-refractivity contribution in [3.63, 3.8) is 0 Å². The van der Waals surface area contributed by atoms with Crippen molar-refractivity contribution < 1.29 is 5.11 Å². The largest absolute Gasteiger partial charge is 0.377 e. The van der Waals surface area contributed by atoms with E-state index >= 15 is 0 Å². The molecule has 0 bridgehead atoms. The Kier molecular flexibility index (Phi) is 4.12. The fourth-order valence-corrected chi connectivity index (χ4v) is 0.964. The number of alkyl halides is 3. The molecule has 4 heteroatoms. The number of hydrogen-bond acceptors (Lipinski definition) is 1. The van der Waals surface area contributed by atoms with E-state index < -0.39 is 4.51 Å². The first-order chi connectivity index (χ1) is 3.12. The summed E-state index contributed by atoms with van der Waals surface area (Å²) in [7, 11) is 0. The van der Waals surface area contributed by atoms with Gasteiger partial charge in [-0.05, 0) is 0 Å². The maximum Gasteiger partial charge on any atom is 0.138 e. The maximum absolute atomic E-state index is 8.95. The maximum atomic E-state index is 8.95. The van der Waals surface area contributed by atoms with Gasteiger partial charge in [0.1, 0.15) is 4.51 Å². The lowest BCUT2D eigenvalue weighted by atomic mass is 10.5. The third kappa shape index (κ3) is 3.94. The van der Waals surface area contributed by atoms with Crippen LogP contribution in [0.15, 0.2) is 0 Å². The van der Waals surface area contributed by atoms with E-state index in [0.29, 0.717) is 10.7 Å². The molecular formula is C3H5Br3O. The molecule has 0 aromatic heterocycles. The van der Waals surface area contributed by atoms with Crippen LogP contribution in [0.2, 0.25) is 0 Å². The van der Waals surface area contributed by atoms with Gasteiger partial charge in [-0.15, -0.1) is 0 Å². The molecule has 0 aliphatic rings. The summed E-state index contributed by atoms with van der Waals surface area (Å²) >= 11 is 9.25. The van der Waals surface area contributed by atoms with Gasteiger partial charge in [-0.2, -0.15) is 0 Å². The van der Waals surface area contributed by atoms with E-state index in [-0.39, 0.29) is 0 Å². The highest BCUT2D eigenvalue weighted by molar-refractivity contribution is 9.13. The highest BCUT2D eigenvalue weighted by Crippen LogP contribution is 2.18. The zero-order valence-electron chi connectivity index (χ0n) is 3.50. The first-order valence-corrected chi connectivity index (χ1v) is 4.69. The van der Waals surface area contributed by atoms with Gasteiger partial charge in [-0.3, -0.25) is 0 Å². The Morgan fingerprint density at radius 2 is 1.57 bits per heavy atom. The minimum atomic E-state index is -0.771. The van der Waals surface area contributed by atoms with Crippen molar-refractivity contribution in [2.45, 2.75) is 4.51 Å². The van der Waals surface area contributed by atoms with Crippen LogP contribution < -0.4 is 0 Å². The van der Waals surface area contributed by atoms with Crippen LogP contribution in [0.3, 0.4) is 0 Å². The summed E-state index contributed by atoms with van der Waals surface area (Å²) in [6, 6.07) is 0. The van der Waals surface area contributed by atoms with Crippen molar-refractivity contribution in [3.05, 3.63) is 0 Å². The van der Waals surface area contributed by atoms with Crippen LogP contribution in [-0.2, 0) is 0 Å². The van der Waals surface area contributed by atoms with Crippen LogP contribution in [0.4, 0.5) is 0 Å². The molecule has 1 N–H and O–H groups in total. The molecule has 0 spiro atoms. The van der Waals surface area contributed by atoms with Crippen molar-refractivity contribution >= 4 is 47.8 Å². The summed E-state index contributed by atoms with van der Waals surface area (Å²) in [5.41, 5.74) is 0. The van der Waals surface area contributed by atoms with Crippen LogP contribution >= 0.6 is 47.8 Å². The smallest absolute Gasteiger partial charge is 0.138 e. The second-order valence-corrected chi connectivity index (χ2v) is 3.78. The van der Waals surface area contributed by atoms with E-state index in [2.05, 4.69) is 47.8 Å². The summed E-state index contributed by atoms with van der Waals surface area (Å²) < 4.78 is -0.771. The van der Waals surface area contributed by atoms with Crippen LogP contribution in [0.1, 0.15) is 0 Å². The summed E-state index contributed by atoms with van der Waals surface area (Å²) in [6.45, 7) is 0. The second-order valence-electron chi connectivity index (χ2n) is 1.19. The van der Waals surface area contributed by atoms with Gasteiger partial charge >= 0.3 is 0 Å². The minimum absolute atomic E-state index is 0.533. The summed E-state index contributed by atoms with van der Waals surface area (Å²) in [4.78, 5) is 0. The molecule has 1 nitrogen and oxygen atoms in total. The summed E-state index contributed by atoms with van der Waals surface area (Å²) in [6.07, 6.45) is 0. The molecule has 0 rings (SSSR count). The third-order valence-electron chi connectivity index (χ3n) is 0.410. The molecule has 0 amide bonds. The normalized spacial score (nSPS) is 12.0. The molecule has 0 saturated heterocycles. The quantitative estimate of drug-likeness (QED) is 0.771. The molecule has 0 aliphatic heterocycles. The van der Waals surface area contributed by atoms with Gasteiger partial charge in [0.2, 0.25) is 0 Å². The topological polar surface area (TPSA) is 20.2 Å². The molecule has 0 radical (unpaired) electrons. The Morgan fingerprint density at radius 1 is 1.29 bits per heavy atom. The average Bonchev–Trinajstić information content (AvgIpc) is 1.68. The van der Waals surface area contributed by atoms with Gasteiger partial charge in [0.15, 0.2) is 0 Å². The van der Waals surface area contributed by atoms with E-state index in [4.69, 9.17) is 5.11 Å². The van der Waals surface area contributed by atoms with Gasteiger partial charge in [-0.1, -0.05) is 47.8 Å². The van der Waals surface area contributed by atoms with Gasteiger partial charge in [0, 0.05) is 10.7 Å². The van der Waals surface area contributed by atoms with Crippen molar-refractivity contribution in [2.75, 3.05) is 10.7 Å². The Labute approximate surface area is 67.9 Å². The average molecular weight is 297 g/mol. The zero-order chi connectivity index (χ0) is 5.91. The summed E-state index contributed by atoms with van der Waals surface area (Å²) in [5.74, 6) is 0. The Hall–Kier alpha value is 1.40. The van der Waals surface area contributed by atoms with Crippen molar-refractivity contribution in [3.8, 4) is 0 Å². The predicted octanol–water partition coefficient (Wildman–Crippen LogP) is 1.86. The molecule has 0 aliphatic carbocycles. The molecule has 0 atom stereocenters. The predicted molar refractivity (Wildman–Crippen MR) is 41.5 cm³/mol. The number of rotatable bonds is 2. The molecule has 0 heterocycles. The standard InChI is InChI=1S/C3H5Br3O/c4-1-3(6,7)2-5/h7H,1-2H2. The van der Waals surface area contributed by atoms with E-state index in [1.54, 1.807) is 0 Å². The zero-order valence-corrected chi connectivity index (χ0v) is 8.25. The minimum Gasteiger partial charge on any atom is -0.377 e. The van der Waals surface area contributed by atoms with E-state index in [9.17, 15) is 0 Å². The van der Waals surface area contributed by atoms with E-state index in [1.807, 2.05) is 0 Å². The second kappa shape index (κ2) is 3.43. The van der Waals surface area contributed by atoms with Crippen LogP contribution in [-0.4, -0.2) is 20.3 Å². The molecule has 44 valence electrons. The first kappa shape index (κ1) is 8.40. The van der Waals surface area contributed by atoms with Crippen LogP contribution in [0, 0.1) is 0 Å². The molecule has 0 saturated carbocycles. The number of halogens is 3. The Morgan fingerprint density at radius 3 is 1.57 bits per heavy atom. The lowest BCUT2D eigenvalue weighted by Gasteiger charge is -2.12. The molecule has 0 unspecified atom stereocenters. The fourth-order valence-electron chi connectivity index (χ4n) is 0.0357. The number of aliphatic hydroxyl groups is 1. The van der Waals surface area contributed by atoms with Crippen molar-refractivity contribution in [2.24, 2.45) is 0 Å². The molecule has 0 aromatic carbocycles. The number of hydrogen-bond donors (Lipinski definition) is 1. The van der Waals surface area contributed by atoms with Gasteiger partial charge in [0.05, 0.1) is 0 Å². The monoisotopic (exact) mass is 294 g/mol. The fraction of sp³-hybridized carbons (Fsp3) is 1.00. The molecule has 0 aromatic rings. The van der Waals surface area contributed by atoms with Crippen molar-refractivity contribution in [1.82, 2.24) is 0 Å². The van der Waals surface area contributed by atoms with Gasteiger partial charge in [0.25, 0.3) is 0 Å². The third-order valence-corrected chi connectivity index (χ3v) is 4.33. The Balaban J connectivity index is 3.36. The lowest BCUT2D eigenvalue weighted by Crippen LogP contribution is -2.22. The van der Waals surface area contributed by atoms with Crippen LogP contribution in [0.25, 0.3) is 0 Å². The lowest BCUT2D eigenvalue weighted by molar-refractivity contribution is 0.199. The van der Waals surface area contributed by atoms with Gasteiger partial charge < -0.3 is 5.11 Å². The van der Waals surface area contributed by atoms with Crippen LogP contribution in [0.5, 0.6) is 0 Å². The van der Waals surface area contributed by atoms with Gasteiger partial charge in [-0.25, -0.2) is 0 Å². The summed E-state index contributed by atoms with van der Waals surface area (Å²) in [5, 5.41) is 10.0. The molecule has 7 heavy (non-hydrogen) atoms. The molecular weight excluding hydrogens is 292 g/mol. The van der Waals surface area contributed by atoms with Crippen molar-refractivity contribution in [1.29, 1.82) is 0 Å². The Bertz CT molecular complexity index is 48.1. The first-order valence-electron chi connectivity index (χ1n) is 1.65. The highest BCUT2D eigenvalue weighted by Gasteiger charge is 2.17. The SMILES string of the molecule is OC(Br)(CBr)CBr. The van der Waals surface area contributed by atoms with E-state index in [1.165, 1.54) is 0 Å². The molecule has 0 fully saturated rings. The van der Waals surface area contributed by atoms with E-state index in [0.717, 1.165) is 0 Å².